The molecule has 0 N–H and O–H groups in total. The Balaban J connectivity index is 2.23. The van der Waals surface area contributed by atoms with Crippen LogP contribution < -0.4 is 9.47 Å². The van der Waals surface area contributed by atoms with Gasteiger partial charge in [-0.1, -0.05) is 0 Å². The molecule has 3 rings (SSSR count). The molecule has 0 aromatic heterocycles. The van der Waals surface area contributed by atoms with Gasteiger partial charge in [-0.3, -0.25) is 0 Å². The van der Waals surface area contributed by atoms with E-state index in [2.05, 4.69) is 28.6 Å². The Kier molecular flexibility index (Phi) is 2.80. The van der Waals surface area contributed by atoms with E-state index in [0.29, 0.717) is 0 Å². The van der Waals surface area contributed by atoms with Gasteiger partial charge in [-0.25, -0.2) is 0 Å². The second-order valence-electron chi connectivity index (χ2n) is 4.08. The zero-order chi connectivity index (χ0) is 11.1. The highest BCUT2D eigenvalue weighted by Gasteiger charge is 2.29. The smallest absolute Gasteiger partial charge is 0.137 e. The standard InChI is InChI=1S/C12H13BrO2S/c13-10-9-2-5-14-11(9)8(3-6-16)7-1-4-15-12(7)10/h16H,1-6H2. The zero-order valence-electron chi connectivity index (χ0n) is 8.88. The van der Waals surface area contributed by atoms with Gasteiger partial charge in [0, 0.05) is 29.5 Å². The van der Waals surface area contributed by atoms with Crippen molar-refractivity contribution in [3.63, 3.8) is 0 Å². The first kappa shape index (κ1) is 10.8. The van der Waals surface area contributed by atoms with Crippen LogP contribution >= 0.6 is 28.6 Å². The summed E-state index contributed by atoms with van der Waals surface area (Å²) < 4.78 is 12.6. The molecule has 0 amide bonds. The van der Waals surface area contributed by atoms with E-state index < -0.39 is 0 Å². The van der Waals surface area contributed by atoms with Crippen molar-refractivity contribution in [1.82, 2.24) is 0 Å². The second kappa shape index (κ2) is 4.15. The molecule has 1 aromatic carbocycles. The van der Waals surface area contributed by atoms with Gasteiger partial charge in [0.2, 0.25) is 0 Å². The fourth-order valence-corrected chi connectivity index (χ4v) is 3.48. The lowest BCUT2D eigenvalue weighted by Gasteiger charge is -2.14. The van der Waals surface area contributed by atoms with E-state index in [1.807, 2.05) is 0 Å². The van der Waals surface area contributed by atoms with Gasteiger partial charge < -0.3 is 9.47 Å². The molecular formula is C12H13BrO2S. The maximum absolute atomic E-state index is 5.77. The van der Waals surface area contributed by atoms with Crippen molar-refractivity contribution in [3.05, 3.63) is 21.2 Å². The fourth-order valence-electron chi connectivity index (χ4n) is 2.52. The molecule has 86 valence electrons. The number of hydrogen-bond donors (Lipinski definition) is 1. The van der Waals surface area contributed by atoms with Crippen molar-refractivity contribution in [2.45, 2.75) is 19.3 Å². The first-order chi connectivity index (χ1) is 7.83. The molecule has 0 fully saturated rings. The normalized spacial score (nSPS) is 16.6. The van der Waals surface area contributed by atoms with Crippen LogP contribution in [-0.2, 0) is 19.3 Å². The van der Waals surface area contributed by atoms with Crippen molar-refractivity contribution < 1.29 is 9.47 Å². The minimum absolute atomic E-state index is 0.788. The SMILES string of the molecule is SCCc1c2c(c(Br)c3c1OCC3)OCC2. The van der Waals surface area contributed by atoms with E-state index in [0.717, 1.165) is 54.2 Å². The summed E-state index contributed by atoms with van der Waals surface area (Å²) in [6.07, 6.45) is 2.93. The van der Waals surface area contributed by atoms with Crippen LogP contribution in [0.15, 0.2) is 4.47 Å². The van der Waals surface area contributed by atoms with Crippen LogP contribution in [0.3, 0.4) is 0 Å². The van der Waals surface area contributed by atoms with Gasteiger partial charge in [0.1, 0.15) is 11.5 Å². The predicted octanol–water partition coefficient (Wildman–Crippen LogP) is 2.79. The summed E-state index contributed by atoms with van der Waals surface area (Å²) in [5, 5.41) is 0. The largest absolute Gasteiger partial charge is 0.493 e. The molecule has 4 heteroatoms. The Morgan fingerprint density at radius 3 is 2.50 bits per heavy atom. The van der Waals surface area contributed by atoms with Crippen molar-refractivity contribution in [2.24, 2.45) is 0 Å². The minimum atomic E-state index is 0.788. The molecule has 0 radical (unpaired) electrons. The maximum Gasteiger partial charge on any atom is 0.137 e. The number of benzene rings is 1. The molecule has 2 aliphatic rings. The molecule has 0 saturated heterocycles. The van der Waals surface area contributed by atoms with Crippen LogP contribution in [0.1, 0.15) is 16.7 Å². The number of thiol groups is 1. The summed E-state index contributed by atoms with van der Waals surface area (Å²) in [6.45, 7) is 1.58. The third kappa shape index (κ3) is 1.46. The van der Waals surface area contributed by atoms with Gasteiger partial charge in [-0.15, -0.1) is 0 Å². The average molecular weight is 301 g/mol. The van der Waals surface area contributed by atoms with E-state index in [-0.39, 0.29) is 0 Å². The van der Waals surface area contributed by atoms with Gasteiger partial charge in [0.25, 0.3) is 0 Å². The first-order valence-electron chi connectivity index (χ1n) is 5.55. The molecule has 0 saturated carbocycles. The monoisotopic (exact) mass is 300 g/mol. The van der Waals surface area contributed by atoms with Crippen LogP contribution in [-0.4, -0.2) is 19.0 Å². The third-order valence-electron chi connectivity index (χ3n) is 3.21. The number of ether oxygens (including phenoxy) is 2. The summed E-state index contributed by atoms with van der Waals surface area (Å²) in [5.74, 6) is 2.98. The fraction of sp³-hybridized carbons (Fsp3) is 0.500. The predicted molar refractivity (Wildman–Crippen MR) is 70.1 cm³/mol. The van der Waals surface area contributed by atoms with Gasteiger partial charge in [-0.05, 0) is 28.1 Å². The summed E-state index contributed by atoms with van der Waals surface area (Å²) in [4.78, 5) is 0. The summed E-state index contributed by atoms with van der Waals surface area (Å²) >= 11 is 7.98. The first-order valence-corrected chi connectivity index (χ1v) is 6.98. The van der Waals surface area contributed by atoms with Crippen LogP contribution in [0.5, 0.6) is 11.5 Å². The lowest BCUT2D eigenvalue weighted by molar-refractivity contribution is 0.353. The maximum atomic E-state index is 5.77. The van der Waals surface area contributed by atoms with E-state index in [1.165, 1.54) is 16.7 Å². The molecule has 0 bridgehead atoms. The van der Waals surface area contributed by atoms with Crippen molar-refractivity contribution in [3.8, 4) is 11.5 Å². The van der Waals surface area contributed by atoms with Crippen LogP contribution in [0.2, 0.25) is 0 Å². The second-order valence-corrected chi connectivity index (χ2v) is 5.32. The molecule has 16 heavy (non-hydrogen) atoms. The minimum Gasteiger partial charge on any atom is -0.493 e. The lowest BCUT2D eigenvalue weighted by Crippen LogP contribution is -1.98. The Morgan fingerprint density at radius 2 is 1.75 bits per heavy atom. The highest BCUT2D eigenvalue weighted by molar-refractivity contribution is 9.10. The molecule has 0 atom stereocenters. The molecule has 0 unspecified atom stereocenters. The zero-order valence-corrected chi connectivity index (χ0v) is 11.4. The van der Waals surface area contributed by atoms with Crippen molar-refractivity contribution in [2.75, 3.05) is 19.0 Å². The van der Waals surface area contributed by atoms with Crippen molar-refractivity contribution >= 4 is 28.6 Å². The quantitative estimate of drug-likeness (QED) is 0.847. The van der Waals surface area contributed by atoms with Gasteiger partial charge in [-0.2, -0.15) is 12.6 Å². The number of halogens is 1. The van der Waals surface area contributed by atoms with Gasteiger partial charge in [0.15, 0.2) is 0 Å². The third-order valence-corrected chi connectivity index (χ3v) is 4.27. The summed E-state index contributed by atoms with van der Waals surface area (Å²) in [5.41, 5.74) is 3.91. The summed E-state index contributed by atoms with van der Waals surface area (Å²) in [7, 11) is 0. The Morgan fingerprint density at radius 1 is 1.06 bits per heavy atom. The number of hydrogen-bond acceptors (Lipinski definition) is 3. The molecule has 1 aromatic rings. The Hall–Kier alpha value is -0.350. The van der Waals surface area contributed by atoms with E-state index in [9.17, 15) is 0 Å². The number of fused-ring (bicyclic) bond motifs is 2. The van der Waals surface area contributed by atoms with Crippen LogP contribution in [0, 0.1) is 0 Å². The molecule has 2 aliphatic heterocycles. The topological polar surface area (TPSA) is 18.5 Å². The highest BCUT2D eigenvalue weighted by atomic mass is 79.9. The molecule has 0 spiro atoms. The average Bonchev–Trinajstić information content (AvgIpc) is 2.92. The van der Waals surface area contributed by atoms with Crippen LogP contribution in [0.4, 0.5) is 0 Å². The number of rotatable bonds is 2. The summed E-state index contributed by atoms with van der Waals surface area (Å²) in [6, 6.07) is 0. The molecule has 2 nitrogen and oxygen atoms in total. The van der Waals surface area contributed by atoms with Gasteiger partial charge in [0.05, 0.1) is 17.7 Å². The van der Waals surface area contributed by atoms with E-state index in [4.69, 9.17) is 9.47 Å². The van der Waals surface area contributed by atoms with Crippen molar-refractivity contribution in [1.29, 1.82) is 0 Å². The highest BCUT2D eigenvalue weighted by Crippen LogP contribution is 2.47. The van der Waals surface area contributed by atoms with E-state index >= 15 is 0 Å². The lowest BCUT2D eigenvalue weighted by atomic mass is 9.98. The van der Waals surface area contributed by atoms with Gasteiger partial charge >= 0.3 is 0 Å². The Bertz CT molecular complexity index is 410. The molecule has 2 heterocycles. The van der Waals surface area contributed by atoms with Crippen LogP contribution in [0.25, 0.3) is 0 Å². The molecular weight excluding hydrogens is 288 g/mol. The molecule has 0 aliphatic carbocycles. The van der Waals surface area contributed by atoms with E-state index in [1.54, 1.807) is 0 Å². The Labute approximate surface area is 109 Å².